The first-order valence-corrected chi connectivity index (χ1v) is 6.06. The molecule has 0 aliphatic carbocycles. The Morgan fingerprint density at radius 2 is 2.11 bits per heavy atom. The minimum Gasteiger partial charge on any atom is -0.353 e. The van der Waals surface area contributed by atoms with Crippen molar-refractivity contribution in [2.24, 2.45) is 0 Å². The van der Waals surface area contributed by atoms with Crippen LogP contribution in [0.25, 0.3) is 0 Å². The second-order valence-electron chi connectivity index (χ2n) is 4.56. The van der Waals surface area contributed by atoms with E-state index in [2.05, 4.69) is 10.6 Å². The maximum atomic E-state index is 12.8. The molecule has 1 fully saturated rings. The Hall–Kier alpha value is -1.95. The molecule has 19 heavy (non-hydrogen) atoms. The highest BCUT2D eigenvalue weighted by atomic mass is 19.1. The molecule has 1 aliphatic heterocycles. The summed E-state index contributed by atoms with van der Waals surface area (Å²) in [5, 5.41) is 5.52. The van der Waals surface area contributed by atoms with Crippen LogP contribution < -0.4 is 10.6 Å². The second kappa shape index (κ2) is 5.79. The van der Waals surface area contributed by atoms with Crippen LogP contribution in [0.4, 0.5) is 4.39 Å². The Kier molecular flexibility index (Phi) is 4.11. The van der Waals surface area contributed by atoms with Crippen molar-refractivity contribution in [1.29, 1.82) is 0 Å². The number of hydrogen-bond donors (Lipinski definition) is 2. The molecule has 1 aromatic rings. The van der Waals surface area contributed by atoms with E-state index >= 15 is 0 Å². The third-order valence-electron chi connectivity index (χ3n) is 3.02. The van der Waals surface area contributed by atoms with E-state index in [-0.39, 0.29) is 24.2 Å². The molecule has 2 N–H and O–H groups in total. The van der Waals surface area contributed by atoms with Gasteiger partial charge >= 0.3 is 0 Å². The van der Waals surface area contributed by atoms with Gasteiger partial charge in [0.1, 0.15) is 11.9 Å². The molecule has 0 radical (unpaired) electrons. The number of rotatable bonds is 3. The Bertz CT molecular complexity index is 465. The highest BCUT2D eigenvalue weighted by molar-refractivity contribution is 5.86. The van der Waals surface area contributed by atoms with E-state index in [1.54, 1.807) is 24.1 Å². The van der Waals surface area contributed by atoms with E-state index in [0.29, 0.717) is 13.1 Å². The SMILES string of the molecule is CN(Cc1ccc(F)cc1)C(=O)C1CNC(=O)CN1. The molecule has 5 nitrogen and oxygen atoms in total. The molecule has 0 saturated carbocycles. The van der Waals surface area contributed by atoms with E-state index < -0.39 is 6.04 Å². The van der Waals surface area contributed by atoms with Crippen LogP contribution in [0.5, 0.6) is 0 Å². The summed E-state index contributed by atoms with van der Waals surface area (Å²) in [6.45, 7) is 0.859. The molecular weight excluding hydrogens is 249 g/mol. The summed E-state index contributed by atoms with van der Waals surface area (Å²) in [4.78, 5) is 24.7. The molecule has 2 rings (SSSR count). The third-order valence-corrected chi connectivity index (χ3v) is 3.02. The quantitative estimate of drug-likeness (QED) is 0.800. The van der Waals surface area contributed by atoms with Crippen molar-refractivity contribution >= 4 is 11.8 Å². The summed E-state index contributed by atoms with van der Waals surface area (Å²) >= 11 is 0. The van der Waals surface area contributed by atoms with Gasteiger partial charge in [-0.3, -0.25) is 14.9 Å². The molecule has 2 amide bonds. The smallest absolute Gasteiger partial charge is 0.241 e. The molecule has 0 aromatic heterocycles. The molecule has 0 spiro atoms. The number of benzene rings is 1. The first-order valence-electron chi connectivity index (χ1n) is 6.06. The third kappa shape index (κ3) is 3.51. The number of amides is 2. The first-order chi connectivity index (χ1) is 9.06. The van der Waals surface area contributed by atoms with E-state index in [9.17, 15) is 14.0 Å². The lowest BCUT2D eigenvalue weighted by Gasteiger charge is -2.27. The van der Waals surface area contributed by atoms with Gasteiger partial charge in [-0.25, -0.2) is 4.39 Å². The number of halogens is 1. The van der Waals surface area contributed by atoms with Crippen molar-refractivity contribution in [3.63, 3.8) is 0 Å². The summed E-state index contributed by atoms with van der Waals surface area (Å²) in [6.07, 6.45) is 0. The van der Waals surface area contributed by atoms with E-state index in [1.807, 2.05) is 0 Å². The van der Waals surface area contributed by atoms with Crippen molar-refractivity contribution in [3.8, 4) is 0 Å². The Labute approximate surface area is 110 Å². The zero-order valence-electron chi connectivity index (χ0n) is 10.6. The summed E-state index contributed by atoms with van der Waals surface area (Å²) in [5.41, 5.74) is 0.858. The van der Waals surface area contributed by atoms with Gasteiger partial charge in [-0.05, 0) is 17.7 Å². The molecule has 1 heterocycles. The molecule has 1 unspecified atom stereocenters. The lowest BCUT2D eigenvalue weighted by atomic mass is 10.1. The van der Waals surface area contributed by atoms with Gasteiger partial charge in [-0.15, -0.1) is 0 Å². The van der Waals surface area contributed by atoms with Crippen LogP contribution in [0.15, 0.2) is 24.3 Å². The average molecular weight is 265 g/mol. The fraction of sp³-hybridized carbons (Fsp3) is 0.385. The number of carbonyl (C=O) groups is 2. The van der Waals surface area contributed by atoms with E-state index in [1.165, 1.54) is 12.1 Å². The molecule has 1 saturated heterocycles. The number of nitrogens with zero attached hydrogens (tertiary/aromatic N) is 1. The number of nitrogens with one attached hydrogen (secondary N) is 2. The van der Waals surface area contributed by atoms with Crippen LogP contribution in [0.1, 0.15) is 5.56 Å². The van der Waals surface area contributed by atoms with Gasteiger partial charge in [0.2, 0.25) is 11.8 Å². The average Bonchev–Trinajstić information content (AvgIpc) is 2.41. The van der Waals surface area contributed by atoms with Gasteiger partial charge in [0.25, 0.3) is 0 Å². The molecular formula is C13H16FN3O2. The molecule has 102 valence electrons. The zero-order valence-corrected chi connectivity index (χ0v) is 10.6. The van der Waals surface area contributed by atoms with Crippen molar-refractivity contribution in [2.45, 2.75) is 12.6 Å². The van der Waals surface area contributed by atoms with Gasteiger partial charge in [-0.2, -0.15) is 0 Å². The van der Waals surface area contributed by atoms with Gasteiger partial charge in [-0.1, -0.05) is 12.1 Å². The van der Waals surface area contributed by atoms with Crippen LogP contribution >= 0.6 is 0 Å². The standard InChI is InChI=1S/C13H16FN3O2/c1-17(8-9-2-4-10(14)5-3-9)13(19)11-6-16-12(18)7-15-11/h2-5,11,15H,6-8H2,1H3,(H,16,18). The topological polar surface area (TPSA) is 61.4 Å². The highest BCUT2D eigenvalue weighted by Crippen LogP contribution is 2.07. The first kappa shape index (κ1) is 13.5. The van der Waals surface area contributed by atoms with Crippen molar-refractivity contribution in [2.75, 3.05) is 20.1 Å². The fourth-order valence-corrected chi connectivity index (χ4v) is 1.95. The van der Waals surface area contributed by atoms with Crippen molar-refractivity contribution < 1.29 is 14.0 Å². The maximum Gasteiger partial charge on any atom is 0.241 e. The second-order valence-corrected chi connectivity index (χ2v) is 4.56. The zero-order chi connectivity index (χ0) is 13.8. The molecule has 1 aliphatic rings. The van der Waals surface area contributed by atoms with Gasteiger partial charge < -0.3 is 10.2 Å². The lowest BCUT2D eigenvalue weighted by Crippen LogP contribution is -2.58. The summed E-state index contributed by atoms with van der Waals surface area (Å²) < 4.78 is 12.8. The van der Waals surface area contributed by atoms with Gasteiger partial charge in [0, 0.05) is 20.1 Å². The van der Waals surface area contributed by atoms with Crippen LogP contribution in [-0.4, -0.2) is 42.9 Å². The number of piperazine rings is 1. The van der Waals surface area contributed by atoms with Crippen LogP contribution in [0.2, 0.25) is 0 Å². The molecule has 1 atom stereocenters. The number of likely N-dealkylation sites (N-methyl/N-ethyl adjacent to an activating group) is 1. The minimum atomic E-state index is -0.400. The Morgan fingerprint density at radius 3 is 2.68 bits per heavy atom. The number of carbonyl (C=O) groups excluding carboxylic acids is 2. The van der Waals surface area contributed by atoms with Crippen LogP contribution in [-0.2, 0) is 16.1 Å². The van der Waals surface area contributed by atoms with Crippen LogP contribution in [0.3, 0.4) is 0 Å². The van der Waals surface area contributed by atoms with Crippen molar-refractivity contribution in [3.05, 3.63) is 35.6 Å². The normalized spacial score (nSPS) is 18.8. The van der Waals surface area contributed by atoms with Crippen molar-refractivity contribution in [1.82, 2.24) is 15.5 Å². The summed E-state index contributed by atoms with van der Waals surface area (Å²) in [6, 6.07) is 5.63. The van der Waals surface area contributed by atoms with E-state index in [4.69, 9.17) is 0 Å². The van der Waals surface area contributed by atoms with Gasteiger partial charge in [0.05, 0.1) is 6.54 Å². The van der Waals surface area contributed by atoms with Gasteiger partial charge in [0.15, 0.2) is 0 Å². The monoisotopic (exact) mass is 265 g/mol. The summed E-state index contributed by atoms with van der Waals surface area (Å²) in [5.74, 6) is -0.496. The minimum absolute atomic E-state index is 0.0932. The molecule has 0 bridgehead atoms. The Balaban J connectivity index is 1.92. The summed E-state index contributed by atoms with van der Waals surface area (Å²) in [7, 11) is 1.68. The van der Waals surface area contributed by atoms with Crippen LogP contribution in [0, 0.1) is 5.82 Å². The molecule has 1 aromatic carbocycles. The predicted octanol–water partition coefficient (Wildman–Crippen LogP) is -0.128. The fourth-order valence-electron chi connectivity index (χ4n) is 1.95. The lowest BCUT2D eigenvalue weighted by molar-refractivity contribution is -0.134. The van der Waals surface area contributed by atoms with E-state index in [0.717, 1.165) is 5.56 Å². The molecule has 6 heteroatoms. The largest absolute Gasteiger partial charge is 0.353 e. The Morgan fingerprint density at radius 1 is 1.42 bits per heavy atom. The maximum absolute atomic E-state index is 12.8. The highest BCUT2D eigenvalue weighted by Gasteiger charge is 2.26. The number of hydrogen-bond acceptors (Lipinski definition) is 3. The predicted molar refractivity (Wildman–Crippen MR) is 67.7 cm³/mol.